The molecule has 1 saturated heterocycles. The number of piperazine rings is 1. The zero-order chi connectivity index (χ0) is 20.2. The highest BCUT2D eigenvalue weighted by atomic mass is 32.2. The molecule has 160 valence electrons. The molecule has 4 saturated carbocycles. The first-order valence-corrected chi connectivity index (χ1v) is 13.1. The SMILES string of the molecule is CC(C)Cc1ccc(S(=O)(=O)N2CCN(C34CC5CC(CC(C5)C3)C4)CC2)cc1. The van der Waals surface area contributed by atoms with Crippen LogP contribution < -0.4 is 0 Å². The zero-order valence-electron chi connectivity index (χ0n) is 18.0. The first-order chi connectivity index (χ1) is 13.8. The number of benzene rings is 1. The minimum atomic E-state index is -3.38. The summed E-state index contributed by atoms with van der Waals surface area (Å²) in [6.45, 7) is 7.45. The van der Waals surface area contributed by atoms with E-state index in [-0.39, 0.29) is 0 Å². The fourth-order valence-electron chi connectivity index (χ4n) is 7.27. The van der Waals surface area contributed by atoms with Gasteiger partial charge in [-0.1, -0.05) is 26.0 Å². The van der Waals surface area contributed by atoms with Gasteiger partial charge in [0.2, 0.25) is 10.0 Å². The summed E-state index contributed by atoms with van der Waals surface area (Å²) in [6.07, 6.45) is 9.46. The maximum atomic E-state index is 13.2. The number of hydrogen-bond acceptors (Lipinski definition) is 3. The van der Waals surface area contributed by atoms with Crippen molar-refractivity contribution in [2.75, 3.05) is 26.2 Å². The van der Waals surface area contributed by atoms with Crippen LogP contribution in [0, 0.1) is 23.7 Å². The van der Waals surface area contributed by atoms with E-state index in [2.05, 4.69) is 18.7 Å². The molecule has 1 aliphatic heterocycles. The van der Waals surface area contributed by atoms with Crippen molar-refractivity contribution in [3.05, 3.63) is 29.8 Å². The zero-order valence-corrected chi connectivity index (χ0v) is 18.8. The van der Waals surface area contributed by atoms with Gasteiger partial charge in [-0.2, -0.15) is 4.31 Å². The van der Waals surface area contributed by atoms with Crippen molar-refractivity contribution in [1.82, 2.24) is 9.21 Å². The van der Waals surface area contributed by atoms with Crippen LogP contribution in [0.2, 0.25) is 0 Å². The van der Waals surface area contributed by atoms with E-state index in [1.54, 1.807) is 16.4 Å². The van der Waals surface area contributed by atoms with E-state index in [4.69, 9.17) is 0 Å². The van der Waals surface area contributed by atoms with Crippen LogP contribution in [0.25, 0.3) is 0 Å². The van der Waals surface area contributed by atoms with Gasteiger partial charge in [0.05, 0.1) is 4.90 Å². The van der Waals surface area contributed by atoms with Gasteiger partial charge < -0.3 is 0 Å². The Morgan fingerprint density at radius 2 is 1.41 bits per heavy atom. The summed E-state index contributed by atoms with van der Waals surface area (Å²) in [5, 5.41) is 0. The summed E-state index contributed by atoms with van der Waals surface area (Å²) in [5.74, 6) is 3.39. The highest BCUT2D eigenvalue weighted by Crippen LogP contribution is 2.57. The highest BCUT2D eigenvalue weighted by Gasteiger charge is 2.53. The lowest BCUT2D eigenvalue weighted by Crippen LogP contribution is -2.64. The quantitative estimate of drug-likeness (QED) is 0.724. The van der Waals surface area contributed by atoms with Crippen LogP contribution in [0.15, 0.2) is 29.2 Å². The van der Waals surface area contributed by atoms with Gasteiger partial charge in [-0.3, -0.25) is 4.90 Å². The molecule has 0 unspecified atom stereocenters. The van der Waals surface area contributed by atoms with E-state index in [1.807, 2.05) is 12.1 Å². The molecule has 0 aromatic heterocycles. The molecule has 1 aromatic rings. The van der Waals surface area contributed by atoms with Crippen LogP contribution in [0.1, 0.15) is 57.9 Å². The average Bonchev–Trinajstić information content (AvgIpc) is 2.67. The summed E-state index contributed by atoms with van der Waals surface area (Å²) in [5.41, 5.74) is 1.61. The topological polar surface area (TPSA) is 40.6 Å². The Morgan fingerprint density at radius 1 is 0.897 bits per heavy atom. The van der Waals surface area contributed by atoms with Gasteiger partial charge in [-0.15, -0.1) is 0 Å². The highest BCUT2D eigenvalue weighted by molar-refractivity contribution is 7.89. The number of hydrogen-bond donors (Lipinski definition) is 0. The molecule has 0 N–H and O–H groups in total. The Labute approximate surface area is 176 Å². The van der Waals surface area contributed by atoms with Gasteiger partial charge in [0.25, 0.3) is 0 Å². The van der Waals surface area contributed by atoms with Gasteiger partial charge in [0.15, 0.2) is 0 Å². The lowest BCUT2D eigenvalue weighted by atomic mass is 9.52. The molecular weight excluding hydrogens is 380 g/mol. The maximum absolute atomic E-state index is 13.2. The van der Waals surface area contributed by atoms with Crippen LogP contribution in [0.5, 0.6) is 0 Å². The van der Waals surface area contributed by atoms with Crippen LogP contribution in [-0.2, 0) is 16.4 Å². The Kier molecular flexibility index (Phi) is 5.07. The Bertz CT molecular complexity index is 803. The van der Waals surface area contributed by atoms with E-state index >= 15 is 0 Å². The summed E-state index contributed by atoms with van der Waals surface area (Å²) < 4.78 is 28.1. The minimum Gasteiger partial charge on any atom is -0.295 e. The van der Waals surface area contributed by atoms with Gasteiger partial charge >= 0.3 is 0 Å². The molecule has 1 aromatic carbocycles. The molecule has 5 heteroatoms. The standard InChI is InChI=1S/C24H36N2O2S/c1-18(2)11-19-3-5-23(6-4-19)29(27,28)26-9-7-25(8-10-26)24-15-20-12-21(16-24)14-22(13-20)17-24/h3-6,18,20-22H,7-17H2,1-2H3. The molecule has 0 radical (unpaired) electrons. The van der Waals surface area contributed by atoms with Crippen LogP contribution in [-0.4, -0.2) is 49.3 Å². The number of sulfonamides is 1. The average molecular weight is 417 g/mol. The van der Waals surface area contributed by atoms with Crippen molar-refractivity contribution in [2.24, 2.45) is 23.7 Å². The van der Waals surface area contributed by atoms with Gasteiger partial charge in [-0.25, -0.2) is 8.42 Å². The summed E-state index contributed by atoms with van der Waals surface area (Å²) in [6, 6.07) is 7.58. The molecule has 4 bridgehead atoms. The Morgan fingerprint density at radius 3 is 1.90 bits per heavy atom. The van der Waals surface area contributed by atoms with Crippen molar-refractivity contribution in [3.8, 4) is 0 Å². The lowest BCUT2D eigenvalue weighted by molar-refractivity contribution is -0.0964. The summed E-state index contributed by atoms with van der Waals surface area (Å²) in [7, 11) is -3.38. The molecule has 29 heavy (non-hydrogen) atoms. The maximum Gasteiger partial charge on any atom is 0.243 e. The molecule has 4 aliphatic carbocycles. The van der Waals surface area contributed by atoms with Crippen molar-refractivity contribution in [3.63, 3.8) is 0 Å². The van der Waals surface area contributed by atoms with E-state index in [0.29, 0.717) is 29.4 Å². The molecule has 1 heterocycles. The second kappa shape index (κ2) is 7.35. The van der Waals surface area contributed by atoms with Crippen molar-refractivity contribution in [1.29, 1.82) is 0 Å². The van der Waals surface area contributed by atoms with E-state index in [0.717, 1.165) is 37.3 Å². The number of nitrogens with zero attached hydrogens (tertiary/aromatic N) is 2. The largest absolute Gasteiger partial charge is 0.295 e. The summed E-state index contributed by atoms with van der Waals surface area (Å²) >= 11 is 0. The Balaban J connectivity index is 1.25. The van der Waals surface area contributed by atoms with Gasteiger partial charge in [0.1, 0.15) is 0 Å². The fraction of sp³-hybridized carbons (Fsp3) is 0.750. The molecule has 0 atom stereocenters. The Hall–Kier alpha value is -0.910. The van der Waals surface area contributed by atoms with Crippen molar-refractivity contribution < 1.29 is 8.42 Å². The van der Waals surface area contributed by atoms with E-state index in [1.165, 1.54) is 44.1 Å². The first kappa shape index (κ1) is 20.0. The molecule has 5 fully saturated rings. The summed E-state index contributed by atoms with van der Waals surface area (Å²) in [4.78, 5) is 3.14. The monoisotopic (exact) mass is 416 g/mol. The second-order valence-corrected chi connectivity index (χ2v) is 12.7. The normalized spacial score (nSPS) is 35.5. The molecule has 6 rings (SSSR count). The third kappa shape index (κ3) is 3.68. The predicted molar refractivity (Wildman–Crippen MR) is 116 cm³/mol. The third-order valence-electron chi connectivity index (χ3n) is 8.12. The third-order valence-corrected chi connectivity index (χ3v) is 10.0. The fourth-order valence-corrected chi connectivity index (χ4v) is 8.70. The molecule has 5 aliphatic rings. The van der Waals surface area contributed by atoms with Gasteiger partial charge in [-0.05, 0) is 86.3 Å². The van der Waals surface area contributed by atoms with Gasteiger partial charge in [0, 0.05) is 31.7 Å². The van der Waals surface area contributed by atoms with Crippen molar-refractivity contribution >= 4 is 10.0 Å². The minimum absolute atomic E-state index is 0.392. The van der Waals surface area contributed by atoms with E-state index in [9.17, 15) is 8.42 Å². The molecule has 0 amide bonds. The molecular formula is C24H36N2O2S. The van der Waals surface area contributed by atoms with Crippen LogP contribution in [0.4, 0.5) is 0 Å². The number of rotatable bonds is 5. The smallest absolute Gasteiger partial charge is 0.243 e. The van der Waals surface area contributed by atoms with E-state index < -0.39 is 10.0 Å². The van der Waals surface area contributed by atoms with Crippen molar-refractivity contribution in [2.45, 2.75) is 69.2 Å². The van der Waals surface area contributed by atoms with Crippen LogP contribution >= 0.6 is 0 Å². The lowest BCUT2D eigenvalue weighted by Gasteiger charge is -2.61. The second-order valence-electron chi connectivity index (χ2n) is 10.8. The van der Waals surface area contributed by atoms with Crippen LogP contribution in [0.3, 0.4) is 0 Å². The molecule has 0 spiro atoms. The molecule has 4 nitrogen and oxygen atoms in total. The predicted octanol–water partition coefficient (Wildman–Crippen LogP) is 4.16. The first-order valence-electron chi connectivity index (χ1n) is 11.7.